The summed E-state index contributed by atoms with van der Waals surface area (Å²) in [6.07, 6.45) is 3.47. The van der Waals surface area contributed by atoms with E-state index in [0.29, 0.717) is 10.8 Å². The van der Waals surface area contributed by atoms with Gasteiger partial charge in [0.2, 0.25) is 0 Å². The first-order chi connectivity index (χ1) is 9.81. The molecule has 0 N–H and O–H groups in total. The number of halogens is 1. The van der Waals surface area contributed by atoms with Crippen molar-refractivity contribution in [2.45, 2.75) is 9.92 Å². The molecule has 0 fully saturated rings. The van der Waals surface area contributed by atoms with Gasteiger partial charge in [0.25, 0.3) is 0 Å². The van der Waals surface area contributed by atoms with Crippen LogP contribution in [0, 0.1) is 0 Å². The van der Waals surface area contributed by atoms with Crippen LogP contribution in [0.1, 0.15) is 0 Å². The van der Waals surface area contributed by atoms with E-state index in [4.69, 9.17) is 11.6 Å². The molecular formula is C15H10ClN3S. The summed E-state index contributed by atoms with van der Waals surface area (Å²) in [5.74, 6) is 0.623. The molecule has 0 atom stereocenters. The number of nitrogens with zero attached hydrogens (tertiary/aromatic N) is 3. The van der Waals surface area contributed by atoms with Crippen molar-refractivity contribution in [3.63, 3.8) is 0 Å². The summed E-state index contributed by atoms with van der Waals surface area (Å²) < 4.78 is 0. The van der Waals surface area contributed by atoms with Gasteiger partial charge in [-0.1, -0.05) is 35.5 Å². The molecule has 0 saturated carbocycles. The van der Waals surface area contributed by atoms with Gasteiger partial charge in [0.05, 0.1) is 0 Å². The zero-order chi connectivity index (χ0) is 13.8. The van der Waals surface area contributed by atoms with E-state index in [1.807, 2.05) is 48.5 Å². The highest BCUT2D eigenvalue weighted by molar-refractivity contribution is 7.99. The summed E-state index contributed by atoms with van der Waals surface area (Å²) >= 11 is 7.53. The molecule has 0 unspecified atom stereocenters. The van der Waals surface area contributed by atoms with Gasteiger partial charge in [-0.3, -0.25) is 4.98 Å². The maximum absolute atomic E-state index is 5.98. The highest BCUT2D eigenvalue weighted by atomic mass is 35.5. The molecule has 0 spiro atoms. The highest BCUT2D eigenvalue weighted by Crippen LogP contribution is 2.28. The lowest BCUT2D eigenvalue weighted by atomic mass is 10.3. The van der Waals surface area contributed by atoms with Crippen LogP contribution in [0.2, 0.25) is 5.02 Å². The van der Waals surface area contributed by atoms with Gasteiger partial charge in [-0.05, 0) is 36.4 Å². The fourth-order valence-corrected chi connectivity index (χ4v) is 2.76. The molecule has 0 saturated heterocycles. The average Bonchev–Trinajstić information content (AvgIpc) is 2.48. The molecule has 0 aliphatic heterocycles. The lowest BCUT2D eigenvalue weighted by Gasteiger charge is -2.03. The monoisotopic (exact) mass is 299 g/mol. The molecule has 3 nitrogen and oxygen atoms in total. The Balaban J connectivity index is 1.88. The summed E-state index contributed by atoms with van der Waals surface area (Å²) in [5, 5.41) is 1.58. The number of rotatable bonds is 3. The molecular weight excluding hydrogens is 290 g/mol. The Morgan fingerprint density at radius 2 is 1.85 bits per heavy atom. The molecule has 20 heavy (non-hydrogen) atoms. The van der Waals surface area contributed by atoms with E-state index in [0.717, 1.165) is 15.6 Å². The van der Waals surface area contributed by atoms with Crippen LogP contribution in [0.3, 0.4) is 0 Å². The zero-order valence-corrected chi connectivity index (χ0v) is 12.0. The Hall–Kier alpha value is -1.91. The van der Waals surface area contributed by atoms with Gasteiger partial charge >= 0.3 is 0 Å². The van der Waals surface area contributed by atoms with Crippen LogP contribution in [0.25, 0.3) is 11.5 Å². The van der Waals surface area contributed by atoms with Crippen LogP contribution in [0.15, 0.2) is 70.8 Å². The first-order valence-corrected chi connectivity index (χ1v) is 7.18. The van der Waals surface area contributed by atoms with Crippen LogP contribution >= 0.6 is 23.4 Å². The van der Waals surface area contributed by atoms with Crippen LogP contribution in [0.4, 0.5) is 0 Å². The summed E-state index contributed by atoms with van der Waals surface area (Å²) in [6.45, 7) is 0. The molecule has 3 rings (SSSR count). The minimum Gasteiger partial charge on any atom is -0.253 e. The lowest BCUT2D eigenvalue weighted by Crippen LogP contribution is -1.91. The van der Waals surface area contributed by atoms with Gasteiger partial charge in [0.1, 0.15) is 10.7 Å². The molecule has 0 aliphatic carbocycles. The van der Waals surface area contributed by atoms with E-state index in [2.05, 4.69) is 15.0 Å². The fraction of sp³-hybridized carbons (Fsp3) is 0. The van der Waals surface area contributed by atoms with E-state index in [1.54, 1.807) is 24.2 Å². The standard InChI is InChI=1S/C15H10ClN3S/c16-11-4-3-5-12(10-11)20-14-7-9-18-15(19-14)13-6-1-2-8-17-13/h1-10H. The molecule has 0 aliphatic rings. The van der Waals surface area contributed by atoms with Gasteiger partial charge in [-0.2, -0.15) is 0 Å². The van der Waals surface area contributed by atoms with Gasteiger partial charge < -0.3 is 0 Å². The molecule has 98 valence electrons. The maximum Gasteiger partial charge on any atom is 0.179 e. The number of hydrogen-bond acceptors (Lipinski definition) is 4. The third-order valence-electron chi connectivity index (χ3n) is 2.54. The van der Waals surface area contributed by atoms with Crippen molar-refractivity contribution in [1.82, 2.24) is 15.0 Å². The third-order valence-corrected chi connectivity index (χ3v) is 3.70. The predicted octanol–water partition coefficient (Wildman–Crippen LogP) is 4.34. The van der Waals surface area contributed by atoms with Gasteiger partial charge in [0.15, 0.2) is 5.82 Å². The number of pyridine rings is 1. The summed E-state index contributed by atoms with van der Waals surface area (Å²) in [6, 6.07) is 15.2. The minimum atomic E-state index is 0.623. The van der Waals surface area contributed by atoms with Gasteiger partial charge in [0, 0.05) is 22.3 Å². The van der Waals surface area contributed by atoms with Gasteiger partial charge in [-0.25, -0.2) is 9.97 Å². The quantitative estimate of drug-likeness (QED) is 0.674. The largest absolute Gasteiger partial charge is 0.253 e. The van der Waals surface area contributed by atoms with Crippen LogP contribution in [-0.2, 0) is 0 Å². The summed E-state index contributed by atoms with van der Waals surface area (Å²) in [4.78, 5) is 14.1. The van der Waals surface area contributed by atoms with Crippen molar-refractivity contribution >= 4 is 23.4 Å². The van der Waals surface area contributed by atoms with Crippen molar-refractivity contribution in [2.75, 3.05) is 0 Å². The second kappa shape index (κ2) is 6.03. The van der Waals surface area contributed by atoms with Crippen molar-refractivity contribution < 1.29 is 0 Å². The van der Waals surface area contributed by atoms with E-state index >= 15 is 0 Å². The first kappa shape index (κ1) is 13.1. The Labute approximate surface area is 126 Å². The first-order valence-electron chi connectivity index (χ1n) is 5.99. The average molecular weight is 300 g/mol. The van der Waals surface area contributed by atoms with Crippen LogP contribution in [-0.4, -0.2) is 15.0 Å². The molecule has 1 aromatic carbocycles. The highest BCUT2D eigenvalue weighted by Gasteiger charge is 2.05. The molecule has 2 heterocycles. The van der Waals surface area contributed by atoms with Crippen molar-refractivity contribution in [1.29, 1.82) is 0 Å². The van der Waals surface area contributed by atoms with E-state index in [9.17, 15) is 0 Å². The predicted molar refractivity (Wildman–Crippen MR) is 80.8 cm³/mol. The molecule has 0 bridgehead atoms. The second-order valence-electron chi connectivity index (χ2n) is 3.99. The van der Waals surface area contributed by atoms with E-state index in [-0.39, 0.29) is 0 Å². The Morgan fingerprint density at radius 1 is 0.900 bits per heavy atom. The van der Waals surface area contributed by atoms with Crippen LogP contribution in [0.5, 0.6) is 0 Å². The van der Waals surface area contributed by atoms with E-state index in [1.165, 1.54) is 0 Å². The Morgan fingerprint density at radius 3 is 2.65 bits per heavy atom. The number of benzene rings is 1. The number of hydrogen-bond donors (Lipinski definition) is 0. The maximum atomic E-state index is 5.98. The third kappa shape index (κ3) is 3.15. The fourth-order valence-electron chi connectivity index (χ4n) is 1.67. The molecule has 3 aromatic rings. The van der Waals surface area contributed by atoms with Crippen molar-refractivity contribution in [3.05, 3.63) is 65.9 Å². The van der Waals surface area contributed by atoms with Gasteiger partial charge in [-0.15, -0.1) is 0 Å². The zero-order valence-electron chi connectivity index (χ0n) is 10.4. The topological polar surface area (TPSA) is 38.7 Å². The molecule has 2 aromatic heterocycles. The molecule has 0 radical (unpaired) electrons. The SMILES string of the molecule is Clc1cccc(Sc2ccnc(-c3ccccn3)n2)c1. The number of aromatic nitrogens is 3. The van der Waals surface area contributed by atoms with Crippen molar-refractivity contribution in [3.8, 4) is 11.5 Å². The Bertz CT molecular complexity index is 719. The lowest BCUT2D eigenvalue weighted by molar-refractivity contribution is 1.04. The normalized spacial score (nSPS) is 10.4. The molecule has 5 heteroatoms. The second-order valence-corrected chi connectivity index (χ2v) is 5.52. The van der Waals surface area contributed by atoms with E-state index < -0.39 is 0 Å². The summed E-state index contributed by atoms with van der Waals surface area (Å²) in [5.41, 5.74) is 0.765. The minimum absolute atomic E-state index is 0.623. The smallest absolute Gasteiger partial charge is 0.179 e. The Kier molecular flexibility index (Phi) is 3.95. The summed E-state index contributed by atoms with van der Waals surface area (Å²) in [7, 11) is 0. The van der Waals surface area contributed by atoms with Crippen LogP contribution < -0.4 is 0 Å². The molecule has 0 amide bonds. The van der Waals surface area contributed by atoms with Crippen molar-refractivity contribution in [2.24, 2.45) is 0 Å².